The smallest absolute Gasteiger partial charge is 0.156 e. The van der Waals surface area contributed by atoms with E-state index in [1.807, 2.05) is 18.2 Å². The molecule has 0 radical (unpaired) electrons. The highest BCUT2D eigenvalue weighted by atomic mass is 35.5. The van der Waals surface area contributed by atoms with Crippen molar-refractivity contribution in [1.29, 1.82) is 0 Å². The van der Waals surface area contributed by atoms with Gasteiger partial charge in [-0.2, -0.15) is 0 Å². The van der Waals surface area contributed by atoms with Crippen molar-refractivity contribution in [2.45, 2.75) is 6.61 Å². The molecule has 0 saturated carbocycles. The van der Waals surface area contributed by atoms with Gasteiger partial charge in [0, 0.05) is 10.6 Å². The molecule has 0 bridgehead atoms. The first-order valence-corrected chi connectivity index (χ1v) is 5.70. The normalized spacial score (nSPS) is 10.1. The van der Waals surface area contributed by atoms with Crippen LogP contribution in [0.1, 0.15) is 15.9 Å². The highest BCUT2D eigenvalue weighted by Crippen LogP contribution is 2.22. The Morgan fingerprint density at radius 3 is 2.67 bits per heavy atom. The lowest BCUT2D eigenvalue weighted by Gasteiger charge is -2.09. The molecule has 0 amide bonds. The Hall–Kier alpha value is -1.87. The molecule has 18 heavy (non-hydrogen) atoms. The Balaban J connectivity index is 2.18. The molecule has 92 valence electrons. The van der Waals surface area contributed by atoms with Gasteiger partial charge in [-0.25, -0.2) is 4.39 Å². The number of benzene rings is 2. The van der Waals surface area contributed by atoms with Gasteiger partial charge in [0.15, 0.2) is 6.29 Å². The zero-order valence-corrected chi connectivity index (χ0v) is 10.2. The molecule has 0 spiro atoms. The van der Waals surface area contributed by atoms with Crippen LogP contribution in [-0.2, 0) is 6.61 Å². The Bertz CT molecular complexity index is 569. The molecule has 0 N–H and O–H groups in total. The van der Waals surface area contributed by atoms with Crippen LogP contribution < -0.4 is 4.74 Å². The Morgan fingerprint density at radius 2 is 1.94 bits per heavy atom. The number of ether oxygens (including phenoxy) is 1. The third-order valence-electron chi connectivity index (χ3n) is 2.47. The molecule has 0 atom stereocenters. The van der Waals surface area contributed by atoms with Gasteiger partial charge in [0.1, 0.15) is 18.2 Å². The van der Waals surface area contributed by atoms with Crippen molar-refractivity contribution in [3.05, 3.63) is 64.4 Å². The van der Waals surface area contributed by atoms with Crippen LogP contribution in [-0.4, -0.2) is 6.29 Å². The lowest BCUT2D eigenvalue weighted by Crippen LogP contribution is -2.00. The van der Waals surface area contributed by atoms with Crippen LogP contribution in [0.3, 0.4) is 0 Å². The fraction of sp³-hybridized carbons (Fsp3) is 0.0714. The van der Waals surface area contributed by atoms with E-state index in [4.69, 9.17) is 16.3 Å². The molecule has 0 aliphatic heterocycles. The first kappa shape index (κ1) is 12.6. The summed E-state index contributed by atoms with van der Waals surface area (Å²) in [5, 5.41) is 0.571. The van der Waals surface area contributed by atoms with Gasteiger partial charge in [-0.3, -0.25) is 4.79 Å². The summed E-state index contributed by atoms with van der Waals surface area (Å²) in [5.41, 5.74) is 0.699. The maximum absolute atomic E-state index is 13.3. The number of carbonyl (C=O) groups is 1. The van der Waals surface area contributed by atoms with Gasteiger partial charge >= 0.3 is 0 Å². The van der Waals surface area contributed by atoms with E-state index in [1.165, 1.54) is 12.1 Å². The molecule has 0 aromatic heterocycles. The predicted octanol–water partition coefficient (Wildman–Crippen LogP) is 3.87. The fourth-order valence-corrected chi connectivity index (χ4v) is 1.72. The molecule has 2 nitrogen and oxygen atoms in total. The van der Waals surface area contributed by atoms with Gasteiger partial charge in [-0.15, -0.1) is 0 Å². The Labute approximate surface area is 109 Å². The molecule has 0 saturated heterocycles. The predicted molar refractivity (Wildman–Crippen MR) is 67.6 cm³/mol. The van der Waals surface area contributed by atoms with Gasteiger partial charge in [-0.1, -0.05) is 35.9 Å². The maximum atomic E-state index is 13.3. The molecule has 0 unspecified atom stereocenters. The number of hydrogen-bond acceptors (Lipinski definition) is 2. The van der Waals surface area contributed by atoms with Crippen molar-refractivity contribution in [2.24, 2.45) is 0 Å². The van der Waals surface area contributed by atoms with E-state index in [9.17, 15) is 9.18 Å². The minimum Gasteiger partial charge on any atom is -0.488 e. The van der Waals surface area contributed by atoms with E-state index in [2.05, 4.69) is 0 Å². The average molecular weight is 265 g/mol. The lowest BCUT2D eigenvalue weighted by molar-refractivity contribution is 0.111. The van der Waals surface area contributed by atoms with Gasteiger partial charge in [0.05, 0.1) is 5.56 Å². The Kier molecular flexibility index (Phi) is 3.95. The van der Waals surface area contributed by atoms with E-state index < -0.39 is 5.82 Å². The summed E-state index contributed by atoms with van der Waals surface area (Å²) in [6.07, 6.45) is 0.442. The van der Waals surface area contributed by atoms with E-state index in [1.54, 1.807) is 12.1 Å². The van der Waals surface area contributed by atoms with Crippen LogP contribution in [0.2, 0.25) is 5.02 Å². The van der Waals surface area contributed by atoms with Crippen molar-refractivity contribution < 1.29 is 13.9 Å². The molecule has 2 aromatic carbocycles. The van der Waals surface area contributed by atoms with Gasteiger partial charge in [0.2, 0.25) is 0 Å². The minimum atomic E-state index is -0.596. The van der Waals surface area contributed by atoms with Gasteiger partial charge < -0.3 is 4.74 Å². The third kappa shape index (κ3) is 2.68. The first-order valence-electron chi connectivity index (χ1n) is 5.32. The number of carbonyl (C=O) groups excluding carboxylic acids is 1. The molecular formula is C14H10ClFO2. The monoisotopic (exact) mass is 264 g/mol. The highest BCUT2D eigenvalue weighted by molar-refractivity contribution is 6.31. The van der Waals surface area contributed by atoms with E-state index in [0.717, 1.165) is 5.56 Å². The van der Waals surface area contributed by atoms with Crippen molar-refractivity contribution >= 4 is 17.9 Å². The van der Waals surface area contributed by atoms with Crippen LogP contribution >= 0.6 is 11.6 Å². The molecular weight excluding hydrogens is 255 g/mol. The summed E-state index contributed by atoms with van der Waals surface area (Å²) < 4.78 is 18.7. The summed E-state index contributed by atoms with van der Waals surface area (Å²) in [5.74, 6) is -0.383. The summed E-state index contributed by atoms with van der Waals surface area (Å²) in [6.45, 7) is 0.184. The molecule has 0 aliphatic carbocycles. The van der Waals surface area contributed by atoms with Crippen LogP contribution in [0.25, 0.3) is 0 Å². The minimum absolute atomic E-state index is 0.0791. The van der Waals surface area contributed by atoms with E-state index in [-0.39, 0.29) is 17.9 Å². The standard InChI is InChI=1S/C14H10ClFO2/c15-12-5-2-1-4-10(12)9-18-14-7-3-6-13(16)11(14)8-17/h1-8H,9H2. The number of rotatable bonds is 4. The van der Waals surface area contributed by atoms with Crippen LogP contribution in [0.15, 0.2) is 42.5 Å². The zero-order chi connectivity index (χ0) is 13.0. The summed E-state index contributed by atoms with van der Waals surface area (Å²) in [4.78, 5) is 10.8. The van der Waals surface area contributed by atoms with Gasteiger partial charge in [0.25, 0.3) is 0 Å². The quantitative estimate of drug-likeness (QED) is 0.784. The van der Waals surface area contributed by atoms with E-state index >= 15 is 0 Å². The second-order valence-corrected chi connectivity index (χ2v) is 4.06. The van der Waals surface area contributed by atoms with Crippen molar-refractivity contribution in [1.82, 2.24) is 0 Å². The zero-order valence-electron chi connectivity index (χ0n) is 9.40. The van der Waals surface area contributed by atoms with Crippen LogP contribution in [0.4, 0.5) is 4.39 Å². The Morgan fingerprint density at radius 1 is 1.17 bits per heavy atom. The molecule has 4 heteroatoms. The first-order chi connectivity index (χ1) is 8.72. The SMILES string of the molecule is O=Cc1c(F)cccc1OCc1ccccc1Cl. The van der Waals surface area contributed by atoms with Gasteiger partial charge in [-0.05, 0) is 18.2 Å². The fourth-order valence-electron chi connectivity index (χ4n) is 1.53. The number of hydrogen-bond donors (Lipinski definition) is 0. The molecule has 0 aliphatic rings. The van der Waals surface area contributed by atoms with Crippen molar-refractivity contribution in [2.75, 3.05) is 0 Å². The number of aldehydes is 1. The average Bonchev–Trinajstić information content (AvgIpc) is 2.38. The maximum Gasteiger partial charge on any atom is 0.156 e. The van der Waals surface area contributed by atoms with Crippen LogP contribution in [0, 0.1) is 5.82 Å². The third-order valence-corrected chi connectivity index (χ3v) is 2.84. The van der Waals surface area contributed by atoms with Crippen molar-refractivity contribution in [3.8, 4) is 5.75 Å². The van der Waals surface area contributed by atoms with Crippen LogP contribution in [0.5, 0.6) is 5.75 Å². The lowest BCUT2D eigenvalue weighted by atomic mass is 10.2. The molecule has 2 aromatic rings. The van der Waals surface area contributed by atoms with Crippen molar-refractivity contribution in [3.63, 3.8) is 0 Å². The number of halogens is 2. The summed E-state index contributed by atoms with van der Waals surface area (Å²) in [6, 6.07) is 11.4. The summed E-state index contributed by atoms with van der Waals surface area (Å²) in [7, 11) is 0. The summed E-state index contributed by atoms with van der Waals surface area (Å²) >= 11 is 5.97. The van der Waals surface area contributed by atoms with E-state index in [0.29, 0.717) is 11.3 Å². The molecule has 0 fully saturated rings. The second-order valence-electron chi connectivity index (χ2n) is 3.65. The largest absolute Gasteiger partial charge is 0.488 e. The molecule has 0 heterocycles. The highest BCUT2D eigenvalue weighted by Gasteiger charge is 2.09. The topological polar surface area (TPSA) is 26.3 Å². The molecule has 2 rings (SSSR count). The second kappa shape index (κ2) is 5.65.